The van der Waals surface area contributed by atoms with Crippen LogP contribution in [0.4, 0.5) is 0 Å². The van der Waals surface area contributed by atoms with Gasteiger partial charge in [-0.2, -0.15) is 0 Å². The summed E-state index contributed by atoms with van der Waals surface area (Å²) in [6, 6.07) is 0. The van der Waals surface area contributed by atoms with Crippen molar-refractivity contribution in [3.8, 4) is 0 Å². The normalized spacial score (nSPS) is 6.75. The van der Waals surface area contributed by atoms with Gasteiger partial charge in [0.2, 0.25) is 0 Å². The maximum atomic E-state index is 4.37. The molecule has 42 valence electrons. The van der Waals surface area contributed by atoms with Gasteiger partial charge >= 0.3 is 0 Å². The van der Waals surface area contributed by atoms with Crippen molar-refractivity contribution in [1.82, 2.24) is 0 Å². The first-order chi connectivity index (χ1) is 2.91. The Morgan fingerprint density at radius 2 is 1.12 bits per heavy atom. The molecule has 0 atom stereocenters. The second kappa shape index (κ2) is 20.5. The van der Waals surface area contributed by atoms with Crippen molar-refractivity contribution in [1.29, 1.82) is 0 Å². The third-order valence-electron chi connectivity index (χ3n) is 0.372. The van der Waals surface area contributed by atoms with Gasteiger partial charge in [-0.05, 0) is 0 Å². The van der Waals surface area contributed by atoms with Crippen molar-refractivity contribution in [2.45, 2.75) is 0 Å². The first kappa shape index (κ1) is 16.8. The molecule has 0 aromatic rings. The third-order valence-corrected chi connectivity index (χ3v) is 0.372. The Morgan fingerprint density at radius 1 is 0.875 bits per heavy atom. The van der Waals surface area contributed by atoms with Crippen LogP contribution in [0.2, 0.25) is 0 Å². The quantitative estimate of drug-likeness (QED) is 0.340. The summed E-state index contributed by atoms with van der Waals surface area (Å²) in [5.74, 6) is 0. The van der Waals surface area contributed by atoms with Crippen molar-refractivity contribution >= 4 is 0 Å². The van der Waals surface area contributed by atoms with Crippen LogP contribution in [-0.2, 0) is 9.47 Å². The second-order valence-electron chi connectivity index (χ2n) is 0.816. The van der Waals surface area contributed by atoms with Gasteiger partial charge < -0.3 is 9.47 Å². The van der Waals surface area contributed by atoms with E-state index in [1.807, 2.05) is 0 Å². The van der Waals surface area contributed by atoms with Gasteiger partial charge in [-0.3, -0.25) is 0 Å². The van der Waals surface area contributed by atoms with Crippen LogP contribution in [0.5, 0.6) is 0 Å². The minimum absolute atomic E-state index is 0. The van der Waals surface area contributed by atoms with Crippen LogP contribution in [0.1, 0.15) is 0 Å². The molecule has 0 saturated carbocycles. The predicted molar refractivity (Wildman–Crippen MR) is 22.6 cm³/mol. The second-order valence-corrected chi connectivity index (χ2v) is 0.816. The fourth-order valence-corrected chi connectivity index (χ4v) is 0.118. The summed E-state index contributed by atoms with van der Waals surface area (Å²) >= 11 is 0. The molecule has 0 aliphatic rings. The van der Waals surface area contributed by atoms with Gasteiger partial charge in [0, 0.05) is 13.2 Å². The summed E-state index contributed by atoms with van der Waals surface area (Å²) in [5.41, 5.74) is 0. The molecule has 0 amide bonds. The topological polar surface area (TPSA) is 18.5 Å². The average molecular weight is 622 g/mol. The molecule has 0 N–H and O–H groups in total. The van der Waals surface area contributed by atoms with Gasteiger partial charge in [-0.25, -0.2) is 14.2 Å². The zero-order valence-corrected chi connectivity index (χ0v) is 17.9. The van der Waals surface area contributed by atoms with Gasteiger partial charge in [0.05, 0.1) is 0 Å². The molecule has 0 saturated heterocycles. The summed E-state index contributed by atoms with van der Waals surface area (Å²) in [6.45, 7) is 1.03. The summed E-state index contributed by atoms with van der Waals surface area (Å²) in [6.07, 6.45) is 0. The smallest absolute Gasteiger partial charge is 0.0321 e. The molecule has 0 aromatic carbocycles. The van der Waals surface area contributed by atoms with Gasteiger partial charge in [0.15, 0.2) is 0 Å². The van der Waals surface area contributed by atoms with Crippen LogP contribution in [0.3, 0.4) is 0 Å². The maximum Gasteiger partial charge on any atom is 0.0321 e. The minimum Gasteiger partial charge on any atom is -0.553 e. The molecule has 0 spiro atoms. The van der Waals surface area contributed by atoms with Crippen LogP contribution in [-0.4, -0.2) is 13.2 Å². The largest absolute Gasteiger partial charge is 0.553 e. The van der Waals surface area contributed by atoms with Crippen LogP contribution in [0.15, 0.2) is 0 Å². The molecule has 8 heavy (non-hydrogen) atoms. The van der Waals surface area contributed by atoms with Gasteiger partial charge in [-0.1, -0.05) is 0 Å². The van der Waals surface area contributed by atoms with Crippen molar-refractivity contribution in [2.75, 3.05) is 13.2 Å². The van der Waals surface area contributed by atoms with Crippen LogP contribution >= 0.6 is 0 Å². The van der Waals surface area contributed by atoms with Gasteiger partial charge in [0.25, 0.3) is 0 Å². The van der Waals surface area contributed by atoms with E-state index in [1.54, 1.807) is 0 Å². The summed E-state index contributed by atoms with van der Waals surface area (Å²) < 4.78 is 8.73. The molecular formula is C4H8O2Rf2-2. The number of hydrogen-bond acceptors (Lipinski definition) is 2. The zero-order valence-electron chi connectivity index (χ0n) is 5.06. The number of hydrogen-bond donors (Lipinski definition) is 0. The number of rotatable bonds is 3. The molecule has 0 bridgehead atoms. The van der Waals surface area contributed by atoms with E-state index in [4.69, 9.17) is 0 Å². The van der Waals surface area contributed by atoms with E-state index < -0.39 is 0 Å². The first-order valence-electron chi connectivity index (χ1n) is 1.65. The van der Waals surface area contributed by atoms with E-state index in [1.165, 1.54) is 0 Å². The molecule has 0 fully saturated rings. The maximum absolute atomic E-state index is 4.37. The van der Waals surface area contributed by atoms with Crippen LogP contribution < -0.4 is 0 Å². The average Bonchev–Trinajstić information content (AvgIpc) is 1.61. The molecule has 0 heterocycles. The molecule has 0 aliphatic carbocycles. The predicted octanol–water partition coefficient (Wildman–Crippen LogP) is 0.603. The SMILES string of the molecule is [CH2-]OCCO[CH2-].[Rf].[Rf]. The van der Waals surface area contributed by atoms with Crippen molar-refractivity contribution in [3.63, 3.8) is 0 Å². The van der Waals surface area contributed by atoms with Gasteiger partial charge in [0.1, 0.15) is 0 Å². The Hall–Kier alpha value is -2.08. The molecule has 0 aliphatic heterocycles. The van der Waals surface area contributed by atoms with Crippen molar-refractivity contribution in [3.05, 3.63) is 14.2 Å². The minimum atomic E-state index is 0. The molecule has 0 aromatic heterocycles. The van der Waals surface area contributed by atoms with Crippen LogP contribution in [0.25, 0.3) is 0 Å². The molecular weight excluding hydrogens is 614 g/mol. The Labute approximate surface area is 38.1 Å². The fraction of sp³-hybridized carbons (Fsp3) is 0.500. The molecule has 2 nitrogen and oxygen atoms in total. The van der Waals surface area contributed by atoms with E-state index in [-0.39, 0.29) is 0 Å². The van der Waals surface area contributed by atoms with E-state index in [9.17, 15) is 0 Å². The summed E-state index contributed by atoms with van der Waals surface area (Å²) in [4.78, 5) is 0. The Morgan fingerprint density at radius 3 is 1.25 bits per heavy atom. The monoisotopic (exact) mass is 622 g/mol. The van der Waals surface area contributed by atoms with Crippen molar-refractivity contribution in [2.24, 2.45) is 0 Å². The molecule has 0 rings (SSSR count). The van der Waals surface area contributed by atoms with E-state index in [2.05, 4.69) is 23.7 Å². The van der Waals surface area contributed by atoms with E-state index in [0.717, 1.165) is 0 Å². The van der Waals surface area contributed by atoms with Gasteiger partial charge in [-0.15, -0.1) is 0 Å². The Bertz CT molecular complexity index is 24.0. The third kappa shape index (κ3) is 39.5. The Kier molecular flexibility index (Phi) is 43.1. The molecule has 0 unspecified atom stereocenters. The van der Waals surface area contributed by atoms with Crippen LogP contribution in [0, 0.1) is 14.2 Å². The summed E-state index contributed by atoms with van der Waals surface area (Å²) in [5, 5.41) is 0. The zero-order chi connectivity index (χ0) is 4.83. The molecule has 0 radical (unpaired) electrons. The number of ether oxygens (including phenoxy) is 2. The van der Waals surface area contributed by atoms with E-state index >= 15 is 0 Å². The van der Waals surface area contributed by atoms with E-state index in [0.29, 0.717) is 13.2 Å². The first-order valence-corrected chi connectivity index (χ1v) is 1.65. The Balaban J connectivity index is -0.000000125. The molecule has 4 heteroatoms. The fourth-order valence-electron chi connectivity index (χ4n) is 0.118. The van der Waals surface area contributed by atoms with Crippen molar-refractivity contribution < 1.29 is 9.47 Å². The standard InChI is InChI=1S/C4H8O2.2Rf/c1-5-3-4-6-2;;/h1-4H2;;/q-2;;. The summed E-state index contributed by atoms with van der Waals surface area (Å²) in [7, 11) is 6.23.